The summed E-state index contributed by atoms with van der Waals surface area (Å²) in [6.45, 7) is 4.44. The number of aryl methyl sites for hydroxylation is 1. The number of benzene rings is 2. The van der Waals surface area contributed by atoms with Crippen molar-refractivity contribution in [1.29, 1.82) is 5.26 Å². The summed E-state index contributed by atoms with van der Waals surface area (Å²) in [7, 11) is 0. The summed E-state index contributed by atoms with van der Waals surface area (Å²) in [6.07, 6.45) is 5.41. The molecular weight excluding hydrogens is 397 g/mol. The highest BCUT2D eigenvalue weighted by Crippen LogP contribution is 2.26. The zero-order chi connectivity index (χ0) is 22.4. The number of hydrogen-bond donors (Lipinski definition) is 1. The first-order valence-corrected chi connectivity index (χ1v) is 10.3. The van der Waals surface area contributed by atoms with Gasteiger partial charge >= 0.3 is 5.97 Å². The monoisotopic (exact) mass is 421 g/mol. The molecule has 0 radical (unpaired) electrons. The van der Waals surface area contributed by atoms with Gasteiger partial charge in [-0.3, -0.25) is 0 Å². The van der Waals surface area contributed by atoms with Crippen molar-refractivity contribution in [3.05, 3.63) is 58.9 Å². The van der Waals surface area contributed by atoms with E-state index >= 15 is 0 Å². The molecule has 2 aromatic carbocycles. The van der Waals surface area contributed by atoms with E-state index < -0.39 is 17.3 Å². The number of carboxylic acids is 1. The van der Waals surface area contributed by atoms with Crippen molar-refractivity contribution in [2.45, 2.75) is 46.0 Å². The number of aromatic nitrogens is 2. The normalized spacial score (nSPS) is 10.9. The standard InChI is InChI=1S/C24H24FN3O3/c1-15(2)6-4-3-5-7-16-8-9-18(12-19(16)14-26)23-27-22(28-31-23)17-10-11-20(24(29)30)21(25)13-17/h8-13,15H,3-7H2,1-2H3,(H,29,30). The molecule has 6 nitrogen and oxygen atoms in total. The molecule has 0 aliphatic heterocycles. The Hall–Kier alpha value is -3.53. The van der Waals surface area contributed by atoms with Crippen LogP contribution in [0.4, 0.5) is 4.39 Å². The fourth-order valence-corrected chi connectivity index (χ4v) is 3.36. The van der Waals surface area contributed by atoms with Crippen molar-refractivity contribution in [3.63, 3.8) is 0 Å². The van der Waals surface area contributed by atoms with E-state index in [-0.39, 0.29) is 11.7 Å². The van der Waals surface area contributed by atoms with E-state index in [1.165, 1.54) is 18.9 Å². The fraction of sp³-hybridized carbons (Fsp3) is 0.333. The molecule has 31 heavy (non-hydrogen) atoms. The summed E-state index contributed by atoms with van der Waals surface area (Å²) in [5, 5.41) is 22.3. The van der Waals surface area contributed by atoms with Gasteiger partial charge in [0.05, 0.1) is 17.2 Å². The molecule has 1 N–H and O–H groups in total. The average Bonchev–Trinajstić information content (AvgIpc) is 3.23. The minimum absolute atomic E-state index is 0.138. The molecule has 0 unspecified atom stereocenters. The maximum atomic E-state index is 13.9. The zero-order valence-electron chi connectivity index (χ0n) is 17.6. The Morgan fingerprint density at radius 1 is 1.16 bits per heavy atom. The van der Waals surface area contributed by atoms with Crippen LogP contribution < -0.4 is 0 Å². The highest BCUT2D eigenvalue weighted by Gasteiger charge is 2.16. The second kappa shape index (κ2) is 9.98. The SMILES string of the molecule is CC(C)CCCCCc1ccc(-c2nc(-c3ccc(C(=O)O)c(F)c3)no2)cc1C#N. The van der Waals surface area contributed by atoms with Crippen molar-refractivity contribution in [2.75, 3.05) is 0 Å². The van der Waals surface area contributed by atoms with E-state index in [1.54, 1.807) is 6.07 Å². The Morgan fingerprint density at radius 3 is 2.61 bits per heavy atom. The molecule has 1 aromatic heterocycles. The number of aromatic carboxylic acids is 1. The van der Waals surface area contributed by atoms with Crippen LogP contribution >= 0.6 is 0 Å². The van der Waals surface area contributed by atoms with Crippen molar-refractivity contribution in [1.82, 2.24) is 10.1 Å². The van der Waals surface area contributed by atoms with Gasteiger partial charge in [-0.25, -0.2) is 9.18 Å². The molecular formula is C24H24FN3O3. The van der Waals surface area contributed by atoms with E-state index in [4.69, 9.17) is 9.63 Å². The Labute approximate surface area is 180 Å². The summed E-state index contributed by atoms with van der Waals surface area (Å²) in [5.41, 5.74) is 2.03. The topological polar surface area (TPSA) is 100 Å². The van der Waals surface area contributed by atoms with Crippen LogP contribution in [0.1, 0.15) is 61.0 Å². The van der Waals surface area contributed by atoms with Gasteiger partial charge in [0, 0.05) is 11.1 Å². The Bertz CT molecular complexity index is 1120. The number of nitrogens with zero attached hydrogens (tertiary/aromatic N) is 3. The van der Waals surface area contributed by atoms with E-state index in [1.807, 2.05) is 12.1 Å². The lowest BCUT2D eigenvalue weighted by Crippen LogP contribution is -2.00. The number of nitriles is 1. The number of halogens is 1. The predicted octanol–water partition coefficient (Wildman–Crippen LogP) is 5.87. The largest absolute Gasteiger partial charge is 0.478 e. The Morgan fingerprint density at radius 2 is 1.94 bits per heavy atom. The molecule has 1 heterocycles. The highest BCUT2D eigenvalue weighted by atomic mass is 19.1. The third-order valence-corrected chi connectivity index (χ3v) is 5.09. The minimum atomic E-state index is -1.35. The molecule has 3 rings (SSSR count). The third kappa shape index (κ3) is 5.54. The summed E-state index contributed by atoms with van der Waals surface area (Å²) >= 11 is 0. The van der Waals surface area contributed by atoms with Crippen LogP contribution in [0.3, 0.4) is 0 Å². The maximum Gasteiger partial charge on any atom is 0.338 e. The number of rotatable bonds is 9. The van der Waals surface area contributed by atoms with Gasteiger partial charge in [0.25, 0.3) is 5.89 Å². The van der Waals surface area contributed by atoms with Gasteiger partial charge in [0.15, 0.2) is 0 Å². The number of unbranched alkanes of at least 4 members (excludes halogenated alkanes) is 2. The molecule has 7 heteroatoms. The second-order valence-electron chi connectivity index (χ2n) is 7.90. The van der Waals surface area contributed by atoms with Crippen LogP contribution in [0.5, 0.6) is 0 Å². The highest BCUT2D eigenvalue weighted by molar-refractivity contribution is 5.88. The third-order valence-electron chi connectivity index (χ3n) is 5.09. The van der Waals surface area contributed by atoms with Gasteiger partial charge < -0.3 is 9.63 Å². The molecule has 0 atom stereocenters. The van der Waals surface area contributed by atoms with Crippen LogP contribution in [0, 0.1) is 23.1 Å². The van der Waals surface area contributed by atoms with Crippen LogP contribution in [0.25, 0.3) is 22.8 Å². The first-order chi connectivity index (χ1) is 14.9. The van der Waals surface area contributed by atoms with Crippen molar-refractivity contribution in [3.8, 4) is 28.9 Å². The van der Waals surface area contributed by atoms with Gasteiger partial charge in [-0.1, -0.05) is 44.3 Å². The number of hydrogen-bond acceptors (Lipinski definition) is 5. The fourth-order valence-electron chi connectivity index (χ4n) is 3.36. The molecule has 3 aromatic rings. The van der Waals surface area contributed by atoms with Crippen molar-refractivity contribution < 1.29 is 18.8 Å². The van der Waals surface area contributed by atoms with Crippen LogP contribution in [0.2, 0.25) is 0 Å². The summed E-state index contributed by atoms with van der Waals surface area (Å²) in [4.78, 5) is 15.2. The molecule has 0 saturated carbocycles. The summed E-state index contributed by atoms with van der Waals surface area (Å²) < 4.78 is 19.2. The molecule has 0 aliphatic carbocycles. The molecule has 0 aliphatic rings. The quantitative estimate of drug-likeness (QED) is 0.434. The molecule has 160 valence electrons. The van der Waals surface area contributed by atoms with E-state index in [9.17, 15) is 14.4 Å². The summed E-state index contributed by atoms with van der Waals surface area (Å²) in [6, 6.07) is 11.3. The van der Waals surface area contributed by atoms with E-state index in [0.717, 1.165) is 37.0 Å². The van der Waals surface area contributed by atoms with Gasteiger partial charge in [-0.15, -0.1) is 0 Å². The maximum absolute atomic E-state index is 13.9. The van der Waals surface area contributed by atoms with Gasteiger partial charge in [0.1, 0.15) is 5.82 Å². The molecule has 0 fully saturated rings. The predicted molar refractivity (Wildman–Crippen MR) is 114 cm³/mol. The van der Waals surface area contributed by atoms with Gasteiger partial charge in [0.2, 0.25) is 5.82 Å². The first kappa shape index (κ1) is 22.2. The average molecular weight is 421 g/mol. The van der Waals surface area contributed by atoms with Crippen molar-refractivity contribution >= 4 is 5.97 Å². The Kier molecular flexibility index (Phi) is 7.14. The first-order valence-electron chi connectivity index (χ1n) is 10.3. The lowest BCUT2D eigenvalue weighted by atomic mass is 9.98. The summed E-state index contributed by atoms with van der Waals surface area (Å²) in [5.74, 6) is -1.17. The minimum Gasteiger partial charge on any atom is -0.478 e. The van der Waals surface area contributed by atoms with Gasteiger partial charge in [-0.05, 0) is 54.7 Å². The van der Waals surface area contributed by atoms with Crippen LogP contribution in [-0.2, 0) is 6.42 Å². The van der Waals surface area contributed by atoms with Crippen molar-refractivity contribution in [2.24, 2.45) is 5.92 Å². The molecule has 0 spiro atoms. The van der Waals surface area contributed by atoms with E-state index in [2.05, 4.69) is 30.1 Å². The lowest BCUT2D eigenvalue weighted by molar-refractivity contribution is 0.0692. The van der Waals surface area contributed by atoms with Crippen LogP contribution in [-0.4, -0.2) is 21.2 Å². The lowest BCUT2D eigenvalue weighted by Gasteiger charge is -2.07. The number of carbonyl (C=O) groups is 1. The molecule has 0 saturated heterocycles. The van der Waals surface area contributed by atoms with Gasteiger partial charge in [-0.2, -0.15) is 10.2 Å². The number of carboxylic acid groups (broad SMARTS) is 1. The zero-order valence-corrected chi connectivity index (χ0v) is 17.6. The van der Waals surface area contributed by atoms with E-state index in [0.29, 0.717) is 22.6 Å². The van der Waals surface area contributed by atoms with Crippen LogP contribution in [0.15, 0.2) is 40.9 Å². The molecule has 0 bridgehead atoms. The Balaban J connectivity index is 1.74. The second-order valence-corrected chi connectivity index (χ2v) is 7.90. The molecule has 0 amide bonds. The smallest absolute Gasteiger partial charge is 0.338 e.